The minimum absolute atomic E-state index is 0.0157. The standard InChI is InChI=1S/C12H6BrClFN5/c13-7-1-2-9(15)8(5-7)10-17-11(14)19-12(18-10)20-4-3-16-6-20/h1-6H. The van der Waals surface area contributed by atoms with Crippen LogP contribution in [0.3, 0.4) is 0 Å². The number of nitrogens with zero attached hydrogens (tertiary/aromatic N) is 5. The number of hydrogen-bond donors (Lipinski definition) is 0. The predicted octanol–water partition coefficient (Wildman–Crippen LogP) is 3.28. The molecule has 0 radical (unpaired) electrons. The Morgan fingerprint density at radius 2 is 2.05 bits per heavy atom. The zero-order valence-corrected chi connectivity index (χ0v) is 12.2. The Balaban J connectivity index is 2.17. The Hall–Kier alpha value is -1.86. The van der Waals surface area contributed by atoms with Crippen LogP contribution in [0.25, 0.3) is 17.3 Å². The van der Waals surface area contributed by atoms with E-state index in [1.54, 1.807) is 29.1 Å². The van der Waals surface area contributed by atoms with Crippen molar-refractivity contribution in [3.8, 4) is 17.3 Å². The summed E-state index contributed by atoms with van der Waals surface area (Å²) in [6.45, 7) is 0. The van der Waals surface area contributed by atoms with Gasteiger partial charge in [-0.15, -0.1) is 0 Å². The molecule has 0 saturated carbocycles. The van der Waals surface area contributed by atoms with E-state index in [0.717, 1.165) is 4.47 Å². The molecule has 20 heavy (non-hydrogen) atoms. The van der Waals surface area contributed by atoms with Gasteiger partial charge in [-0.2, -0.15) is 15.0 Å². The van der Waals surface area contributed by atoms with Crippen LogP contribution in [-0.2, 0) is 0 Å². The van der Waals surface area contributed by atoms with E-state index in [4.69, 9.17) is 11.6 Å². The number of halogens is 3. The van der Waals surface area contributed by atoms with E-state index in [1.165, 1.54) is 12.4 Å². The molecule has 3 aromatic rings. The lowest BCUT2D eigenvalue weighted by molar-refractivity contribution is 0.629. The molecular formula is C12H6BrClFN5. The molecule has 1 aromatic carbocycles. The van der Waals surface area contributed by atoms with E-state index in [0.29, 0.717) is 0 Å². The molecule has 0 saturated heterocycles. The summed E-state index contributed by atoms with van der Waals surface area (Å²) in [7, 11) is 0. The van der Waals surface area contributed by atoms with Crippen molar-refractivity contribution in [3.05, 3.63) is 52.5 Å². The summed E-state index contributed by atoms with van der Waals surface area (Å²) < 4.78 is 16.2. The maximum Gasteiger partial charge on any atom is 0.239 e. The first-order valence-corrected chi connectivity index (χ1v) is 6.66. The Kier molecular flexibility index (Phi) is 3.45. The molecule has 5 nitrogen and oxygen atoms in total. The van der Waals surface area contributed by atoms with Crippen molar-refractivity contribution in [1.82, 2.24) is 24.5 Å². The van der Waals surface area contributed by atoms with Crippen LogP contribution in [0.1, 0.15) is 0 Å². The van der Waals surface area contributed by atoms with Crippen LogP contribution in [0, 0.1) is 5.82 Å². The van der Waals surface area contributed by atoms with Crippen LogP contribution in [-0.4, -0.2) is 24.5 Å². The second kappa shape index (κ2) is 5.26. The Bertz CT molecular complexity index is 763. The molecule has 0 fully saturated rings. The lowest BCUT2D eigenvalue weighted by atomic mass is 10.2. The van der Waals surface area contributed by atoms with Gasteiger partial charge in [-0.1, -0.05) is 15.9 Å². The molecule has 0 amide bonds. The lowest BCUT2D eigenvalue weighted by Crippen LogP contribution is -2.03. The molecule has 0 aliphatic heterocycles. The highest BCUT2D eigenvalue weighted by atomic mass is 79.9. The molecule has 2 heterocycles. The number of aromatic nitrogens is 5. The molecular weight excluding hydrogens is 349 g/mol. The van der Waals surface area contributed by atoms with Gasteiger partial charge < -0.3 is 0 Å². The van der Waals surface area contributed by atoms with Gasteiger partial charge in [-0.3, -0.25) is 4.57 Å². The van der Waals surface area contributed by atoms with E-state index in [9.17, 15) is 4.39 Å². The summed E-state index contributed by atoms with van der Waals surface area (Å²) in [5.41, 5.74) is 0.241. The average Bonchev–Trinajstić information content (AvgIpc) is 2.95. The van der Waals surface area contributed by atoms with E-state index in [2.05, 4.69) is 35.9 Å². The van der Waals surface area contributed by atoms with Crippen molar-refractivity contribution in [2.75, 3.05) is 0 Å². The third-order valence-corrected chi connectivity index (χ3v) is 3.16. The van der Waals surface area contributed by atoms with Gasteiger partial charge in [-0.05, 0) is 29.8 Å². The van der Waals surface area contributed by atoms with E-state index >= 15 is 0 Å². The van der Waals surface area contributed by atoms with Gasteiger partial charge in [0.1, 0.15) is 12.1 Å². The predicted molar refractivity (Wildman–Crippen MR) is 75.1 cm³/mol. The zero-order valence-electron chi connectivity index (χ0n) is 9.83. The van der Waals surface area contributed by atoms with Crippen molar-refractivity contribution in [2.24, 2.45) is 0 Å². The first kappa shape index (κ1) is 13.1. The highest BCUT2D eigenvalue weighted by Crippen LogP contribution is 2.24. The zero-order chi connectivity index (χ0) is 14.1. The average molecular weight is 355 g/mol. The molecule has 2 aromatic heterocycles. The van der Waals surface area contributed by atoms with Gasteiger partial charge in [0.25, 0.3) is 0 Å². The van der Waals surface area contributed by atoms with Gasteiger partial charge in [0.05, 0.1) is 5.56 Å². The maximum absolute atomic E-state index is 13.9. The van der Waals surface area contributed by atoms with Gasteiger partial charge >= 0.3 is 0 Å². The first-order chi connectivity index (χ1) is 9.63. The molecule has 3 rings (SSSR count). The fourth-order valence-electron chi connectivity index (χ4n) is 1.62. The van der Waals surface area contributed by atoms with Crippen LogP contribution in [0.2, 0.25) is 5.28 Å². The van der Waals surface area contributed by atoms with Crippen LogP contribution < -0.4 is 0 Å². The topological polar surface area (TPSA) is 56.5 Å². The Labute approximate surface area is 126 Å². The molecule has 0 atom stereocenters. The third-order valence-electron chi connectivity index (χ3n) is 2.50. The van der Waals surface area contributed by atoms with Crippen LogP contribution in [0.5, 0.6) is 0 Å². The molecule has 0 N–H and O–H groups in total. The van der Waals surface area contributed by atoms with Gasteiger partial charge in [0.15, 0.2) is 5.82 Å². The summed E-state index contributed by atoms with van der Waals surface area (Å²) >= 11 is 9.16. The molecule has 0 bridgehead atoms. The summed E-state index contributed by atoms with van der Waals surface area (Å²) in [6, 6.07) is 4.51. The number of benzene rings is 1. The van der Waals surface area contributed by atoms with Crippen LogP contribution >= 0.6 is 27.5 Å². The second-order valence-electron chi connectivity index (χ2n) is 3.82. The van der Waals surface area contributed by atoms with Crippen LogP contribution in [0.15, 0.2) is 41.4 Å². The quantitative estimate of drug-likeness (QED) is 0.709. The molecule has 0 aliphatic rings. The second-order valence-corrected chi connectivity index (χ2v) is 5.08. The van der Waals surface area contributed by atoms with Gasteiger partial charge in [-0.25, -0.2) is 9.37 Å². The smallest absolute Gasteiger partial charge is 0.239 e. The normalized spacial score (nSPS) is 10.8. The minimum Gasteiger partial charge on any atom is -0.274 e. The molecule has 0 spiro atoms. The van der Waals surface area contributed by atoms with Crippen molar-refractivity contribution in [1.29, 1.82) is 0 Å². The first-order valence-electron chi connectivity index (χ1n) is 5.49. The van der Waals surface area contributed by atoms with Crippen LogP contribution in [0.4, 0.5) is 4.39 Å². The number of hydrogen-bond acceptors (Lipinski definition) is 4. The van der Waals surface area contributed by atoms with E-state index < -0.39 is 5.82 Å². The fraction of sp³-hybridized carbons (Fsp3) is 0. The summed E-state index contributed by atoms with van der Waals surface area (Å²) in [5, 5.41) is -0.0157. The van der Waals surface area contributed by atoms with Gasteiger partial charge in [0.2, 0.25) is 11.2 Å². The Morgan fingerprint density at radius 1 is 1.20 bits per heavy atom. The SMILES string of the molecule is Fc1ccc(Br)cc1-c1nc(Cl)nc(-n2ccnc2)n1. The van der Waals surface area contributed by atoms with Crippen molar-refractivity contribution in [3.63, 3.8) is 0 Å². The monoisotopic (exact) mass is 353 g/mol. The van der Waals surface area contributed by atoms with Gasteiger partial charge in [0, 0.05) is 16.9 Å². The van der Waals surface area contributed by atoms with Crippen molar-refractivity contribution < 1.29 is 4.39 Å². The highest BCUT2D eigenvalue weighted by molar-refractivity contribution is 9.10. The lowest BCUT2D eigenvalue weighted by Gasteiger charge is -2.06. The summed E-state index contributed by atoms with van der Waals surface area (Å²) in [5.74, 6) is -0.00331. The Morgan fingerprint density at radius 3 is 2.80 bits per heavy atom. The van der Waals surface area contributed by atoms with E-state index in [1.807, 2.05) is 0 Å². The van der Waals surface area contributed by atoms with E-state index in [-0.39, 0.29) is 22.6 Å². The largest absolute Gasteiger partial charge is 0.274 e. The number of rotatable bonds is 2. The minimum atomic E-state index is -0.438. The fourth-order valence-corrected chi connectivity index (χ4v) is 2.14. The van der Waals surface area contributed by atoms with Crippen molar-refractivity contribution in [2.45, 2.75) is 0 Å². The summed E-state index contributed by atoms with van der Waals surface area (Å²) in [6.07, 6.45) is 4.76. The highest BCUT2D eigenvalue weighted by Gasteiger charge is 2.13. The molecule has 100 valence electrons. The third kappa shape index (κ3) is 2.54. The molecule has 8 heteroatoms. The maximum atomic E-state index is 13.9. The van der Waals surface area contributed by atoms with Crippen molar-refractivity contribution >= 4 is 27.5 Å². The summed E-state index contributed by atoms with van der Waals surface area (Å²) in [4.78, 5) is 16.1. The molecule has 0 unspecified atom stereocenters. The number of imidazole rings is 1. The molecule has 0 aliphatic carbocycles.